The van der Waals surface area contributed by atoms with Gasteiger partial charge in [-0.1, -0.05) is 60.1 Å². The van der Waals surface area contributed by atoms with Gasteiger partial charge in [0.05, 0.1) is 50.7 Å². The normalized spacial score (nSPS) is 52.2. The Morgan fingerprint density at radius 2 is 1.16 bits per heavy atom. The van der Waals surface area contributed by atoms with Crippen molar-refractivity contribution in [1.29, 1.82) is 0 Å². The predicted molar refractivity (Wildman–Crippen MR) is 280 cm³/mol. The minimum Gasteiger partial charge on any atom is -0.458 e. The highest BCUT2D eigenvalue weighted by Crippen LogP contribution is 2.76. The van der Waals surface area contributed by atoms with Crippen LogP contribution in [-0.2, 0) is 57.0 Å². The van der Waals surface area contributed by atoms with Crippen molar-refractivity contribution >= 4 is 11.9 Å². The molecule has 30 unspecified atom stereocenters. The van der Waals surface area contributed by atoms with Crippen molar-refractivity contribution in [3.8, 4) is 0 Å². The number of allylic oxidation sites excluding steroid dienone is 2. The van der Waals surface area contributed by atoms with Crippen LogP contribution in [0.2, 0.25) is 0 Å². The fraction of sp³-hybridized carbons (Fsp3) is 0.930. The largest absolute Gasteiger partial charge is 0.458 e. The van der Waals surface area contributed by atoms with Gasteiger partial charge in [0.25, 0.3) is 0 Å². The topological polar surface area (TPSA) is 410 Å². The Bertz CT molecular complexity index is 2320. The highest BCUT2D eigenvalue weighted by Gasteiger charge is 2.74. The van der Waals surface area contributed by atoms with Crippen molar-refractivity contribution in [3.05, 3.63) is 11.6 Å². The Morgan fingerprint density at radius 3 is 1.78 bits per heavy atom. The number of ether oxygens (including phenoxy) is 10. The van der Waals surface area contributed by atoms with Crippen LogP contribution in [0.1, 0.15) is 107 Å². The van der Waals surface area contributed by atoms with Crippen molar-refractivity contribution in [2.24, 2.45) is 50.2 Å². The molecule has 0 amide bonds. The van der Waals surface area contributed by atoms with Crippen LogP contribution in [0.15, 0.2) is 11.6 Å². The first kappa shape index (κ1) is 65.3. The summed E-state index contributed by atoms with van der Waals surface area (Å²) >= 11 is 0. The van der Waals surface area contributed by atoms with E-state index in [2.05, 4.69) is 40.7 Å². The fourth-order valence-electron chi connectivity index (χ4n) is 17.2. The number of carbonyl (C=O) groups excluding carboxylic acids is 2. The van der Waals surface area contributed by atoms with E-state index in [4.69, 9.17) is 47.4 Å². The first-order chi connectivity index (χ1) is 38.8. The lowest BCUT2D eigenvalue weighted by Gasteiger charge is -2.72. The second-order valence-electron chi connectivity index (χ2n) is 27.3. The third kappa shape index (κ3) is 10.9. The molecule has 0 aromatic carbocycles. The van der Waals surface area contributed by atoms with Crippen LogP contribution in [0.3, 0.4) is 0 Å². The summed E-state index contributed by atoms with van der Waals surface area (Å²) in [6.45, 7) is 14.3. The smallest absolute Gasteiger partial charge is 0.303 e. The zero-order valence-electron chi connectivity index (χ0n) is 48.7. The van der Waals surface area contributed by atoms with Crippen LogP contribution in [0.5, 0.6) is 0 Å². The summed E-state index contributed by atoms with van der Waals surface area (Å²) in [5.41, 5.74) is -3.10. The van der Waals surface area contributed by atoms with E-state index >= 15 is 0 Å². The van der Waals surface area contributed by atoms with Gasteiger partial charge in [-0.3, -0.25) is 9.59 Å². The predicted octanol–water partition coefficient (Wildman–Crippen LogP) is -2.87. The summed E-state index contributed by atoms with van der Waals surface area (Å²) < 4.78 is 59.9. The molecule has 0 aromatic heterocycles. The van der Waals surface area contributed by atoms with Gasteiger partial charge in [-0.2, -0.15) is 0 Å². The number of esters is 2. The first-order valence-electron chi connectivity index (χ1n) is 29.3. The minimum atomic E-state index is -2.05. The molecule has 8 fully saturated rings. The Morgan fingerprint density at radius 1 is 0.590 bits per heavy atom. The Labute approximate surface area is 482 Å². The van der Waals surface area contributed by atoms with Gasteiger partial charge in [-0.15, -0.1) is 0 Å². The molecule has 4 aliphatic heterocycles. The van der Waals surface area contributed by atoms with Gasteiger partial charge < -0.3 is 119 Å². The maximum Gasteiger partial charge on any atom is 0.303 e. The Hall–Kier alpha value is -2.20. The van der Waals surface area contributed by atoms with Crippen molar-refractivity contribution < 1.29 is 128 Å². The molecule has 83 heavy (non-hydrogen) atoms. The average Bonchev–Trinajstić information content (AvgIpc) is 0.824. The molecule has 4 saturated heterocycles. The molecular formula is C57H92O26. The zero-order chi connectivity index (χ0) is 61.0. The minimum absolute atomic E-state index is 0.0317. The van der Waals surface area contributed by atoms with Gasteiger partial charge in [0.2, 0.25) is 0 Å². The first-order valence-corrected chi connectivity index (χ1v) is 29.3. The van der Waals surface area contributed by atoms with Crippen LogP contribution in [0.25, 0.3) is 0 Å². The third-order valence-corrected chi connectivity index (χ3v) is 21.9. The van der Waals surface area contributed by atoms with E-state index in [1.54, 1.807) is 0 Å². The SMILES string of the molecule is CC(=O)OC1C(OC(C)=O)C2(CO)C(O)CC3(C)C(=CCC4C5(C)CCC(OC6OC(COC7OCC(O)C(O)C7O)C(O)C(O)C6OC6OC(CO)C(OC7OC(CO)C(O)C(O)C7O)C(O)C6O)C(C)(C)C5CCC43C)C2CC1(C)C. The zero-order valence-corrected chi connectivity index (χ0v) is 48.7. The van der Waals surface area contributed by atoms with Crippen LogP contribution in [-0.4, -0.2) is 258 Å². The quantitative estimate of drug-likeness (QED) is 0.0472. The summed E-state index contributed by atoms with van der Waals surface area (Å²) in [5.74, 6) is -1.63. The highest BCUT2D eigenvalue weighted by atomic mass is 16.8. The average molecular weight is 1190 g/mol. The molecule has 0 radical (unpaired) electrons. The van der Waals surface area contributed by atoms with Gasteiger partial charge in [0, 0.05) is 19.3 Å². The van der Waals surface area contributed by atoms with Crippen molar-refractivity contribution in [2.45, 2.75) is 248 Å². The molecule has 9 aliphatic rings. The second-order valence-corrected chi connectivity index (χ2v) is 27.3. The van der Waals surface area contributed by atoms with Crippen LogP contribution < -0.4 is 0 Å². The van der Waals surface area contributed by atoms with Gasteiger partial charge in [-0.25, -0.2) is 0 Å². The van der Waals surface area contributed by atoms with Gasteiger partial charge in [-0.05, 0) is 84.4 Å². The Balaban J connectivity index is 0.982. The van der Waals surface area contributed by atoms with Gasteiger partial charge >= 0.3 is 11.9 Å². The van der Waals surface area contributed by atoms with Gasteiger partial charge in [0.15, 0.2) is 25.2 Å². The van der Waals surface area contributed by atoms with Crippen molar-refractivity contribution in [3.63, 3.8) is 0 Å². The molecule has 0 spiro atoms. The lowest BCUT2D eigenvalue weighted by atomic mass is 9.33. The third-order valence-electron chi connectivity index (χ3n) is 21.9. The van der Waals surface area contributed by atoms with E-state index in [0.717, 1.165) is 5.57 Å². The summed E-state index contributed by atoms with van der Waals surface area (Å²) in [6.07, 6.45) is -30.6. The number of carbonyl (C=O) groups is 2. The number of hydrogen-bond acceptors (Lipinski definition) is 26. The molecule has 30 atom stereocenters. The summed E-state index contributed by atoms with van der Waals surface area (Å²) in [5, 5.41) is 154. The van der Waals surface area contributed by atoms with Crippen LogP contribution >= 0.6 is 0 Å². The number of hydrogen-bond donors (Lipinski definition) is 14. The molecule has 4 heterocycles. The molecule has 5 aliphatic carbocycles. The molecule has 26 heteroatoms. The molecule has 14 N–H and O–H groups in total. The van der Waals surface area contributed by atoms with Crippen LogP contribution in [0.4, 0.5) is 0 Å². The molecule has 0 bridgehead atoms. The number of fused-ring (bicyclic) bond motifs is 7. The molecule has 0 aromatic rings. The second kappa shape index (κ2) is 24.0. The molecule has 26 nitrogen and oxygen atoms in total. The number of rotatable bonds is 14. The fourth-order valence-corrected chi connectivity index (χ4v) is 17.2. The van der Waals surface area contributed by atoms with E-state index in [1.165, 1.54) is 13.8 Å². The van der Waals surface area contributed by atoms with E-state index in [1.807, 2.05) is 13.8 Å². The highest BCUT2D eigenvalue weighted by molar-refractivity contribution is 5.68. The number of aliphatic hydroxyl groups is 14. The molecule has 4 saturated carbocycles. The van der Waals surface area contributed by atoms with E-state index < -0.39 is 219 Å². The lowest BCUT2D eigenvalue weighted by Crippen LogP contribution is -2.72. The van der Waals surface area contributed by atoms with Crippen LogP contribution in [0, 0.1) is 50.2 Å². The maximum atomic E-state index is 12.9. The summed E-state index contributed by atoms with van der Waals surface area (Å²) in [4.78, 5) is 25.4. The molecule has 9 rings (SSSR count). The summed E-state index contributed by atoms with van der Waals surface area (Å²) in [7, 11) is 0. The van der Waals surface area contributed by atoms with E-state index in [0.29, 0.717) is 38.5 Å². The van der Waals surface area contributed by atoms with Crippen molar-refractivity contribution in [1.82, 2.24) is 0 Å². The molecular weight excluding hydrogens is 1100 g/mol. The standard InChI is InChI=1S/C57H92O26/c1-23(61)76-46-47(77-24(2)62)57(22-60)26(16-52(46,3)4)25-10-11-32-54(7)14-13-34(53(5,6)31(54)12-15-55(32,8)56(25,9)17-33(57)64)81-51-45(39(69)37(67)30(80-51)21-75-48-41(71)35(65)27(63)20-74-48)83-50-43(73)40(70)44(29(19-59)79-50)82-49-42(72)38(68)36(66)28(18-58)78-49/h10,26-51,58-60,63-73H,11-22H2,1-9H3. The van der Waals surface area contributed by atoms with Gasteiger partial charge in [0.1, 0.15) is 104 Å². The van der Waals surface area contributed by atoms with E-state index in [-0.39, 0.29) is 23.7 Å². The maximum absolute atomic E-state index is 12.9. The summed E-state index contributed by atoms with van der Waals surface area (Å²) in [6, 6.07) is 0. The van der Waals surface area contributed by atoms with E-state index in [9.17, 15) is 81.1 Å². The monoisotopic (exact) mass is 1190 g/mol. The van der Waals surface area contributed by atoms with Crippen molar-refractivity contribution in [2.75, 3.05) is 33.0 Å². The molecule has 476 valence electrons. The number of aliphatic hydroxyl groups excluding tert-OH is 14. The Kier molecular flexibility index (Phi) is 18.8. The lowest BCUT2D eigenvalue weighted by molar-refractivity contribution is -0.392.